The highest BCUT2D eigenvalue weighted by Crippen LogP contribution is 2.30. The van der Waals surface area contributed by atoms with Gasteiger partial charge in [0.05, 0.1) is 13.2 Å². The Morgan fingerprint density at radius 3 is 3.11 bits per heavy atom. The first-order chi connectivity index (χ1) is 8.67. The summed E-state index contributed by atoms with van der Waals surface area (Å²) in [6, 6.07) is -0.439. The summed E-state index contributed by atoms with van der Waals surface area (Å²) < 4.78 is 5.29. The molecule has 0 spiro atoms. The zero-order valence-corrected chi connectivity index (χ0v) is 11.3. The van der Waals surface area contributed by atoms with Crippen LogP contribution in [0.15, 0.2) is 0 Å². The molecule has 1 fully saturated rings. The SMILES string of the molecule is CNC(=O)C1COCCN1c1nc(Cl)c(C=O)s1. The predicted octanol–water partition coefficient (Wildman–Crippen LogP) is 0.560. The Labute approximate surface area is 113 Å². The lowest BCUT2D eigenvalue weighted by molar-refractivity contribution is -0.124. The first-order valence-electron chi connectivity index (χ1n) is 5.35. The van der Waals surface area contributed by atoms with E-state index in [9.17, 15) is 9.59 Å². The topological polar surface area (TPSA) is 71.5 Å². The molecule has 2 heterocycles. The largest absolute Gasteiger partial charge is 0.377 e. The van der Waals surface area contributed by atoms with Crippen LogP contribution in [0.5, 0.6) is 0 Å². The van der Waals surface area contributed by atoms with Gasteiger partial charge < -0.3 is 15.0 Å². The number of carbonyl (C=O) groups excluding carboxylic acids is 2. The van der Waals surface area contributed by atoms with Gasteiger partial charge in [-0.2, -0.15) is 0 Å². The maximum Gasteiger partial charge on any atom is 0.244 e. The normalized spacial score (nSPS) is 19.7. The number of thiazole rings is 1. The third kappa shape index (κ3) is 2.47. The molecule has 1 aromatic rings. The number of ether oxygens (including phenoxy) is 1. The minimum absolute atomic E-state index is 0.145. The summed E-state index contributed by atoms with van der Waals surface area (Å²) >= 11 is 7.01. The second-order valence-electron chi connectivity index (χ2n) is 3.67. The molecule has 6 nitrogen and oxygen atoms in total. The van der Waals surface area contributed by atoms with Crippen molar-refractivity contribution in [1.82, 2.24) is 10.3 Å². The molecule has 0 radical (unpaired) electrons. The number of rotatable bonds is 3. The first kappa shape index (κ1) is 13.3. The molecule has 1 aromatic heterocycles. The lowest BCUT2D eigenvalue weighted by Gasteiger charge is -2.33. The molecule has 8 heteroatoms. The highest BCUT2D eigenvalue weighted by molar-refractivity contribution is 7.17. The fourth-order valence-corrected chi connectivity index (χ4v) is 2.85. The average molecular weight is 290 g/mol. The van der Waals surface area contributed by atoms with E-state index in [1.165, 1.54) is 11.3 Å². The van der Waals surface area contributed by atoms with E-state index in [0.29, 0.717) is 36.1 Å². The van der Waals surface area contributed by atoms with Crippen molar-refractivity contribution in [3.8, 4) is 0 Å². The van der Waals surface area contributed by atoms with E-state index in [2.05, 4.69) is 10.3 Å². The third-order valence-electron chi connectivity index (χ3n) is 2.63. The number of amides is 1. The van der Waals surface area contributed by atoms with Gasteiger partial charge in [0.15, 0.2) is 16.6 Å². The van der Waals surface area contributed by atoms with Gasteiger partial charge in [0.1, 0.15) is 10.9 Å². The molecule has 0 bridgehead atoms. The molecule has 1 saturated heterocycles. The lowest BCUT2D eigenvalue weighted by atomic mass is 10.2. The number of anilines is 1. The second kappa shape index (κ2) is 5.64. The molecular weight excluding hydrogens is 278 g/mol. The summed E-state index contributed by atoms with van der Waals surface area (Å²) in [4.78, 5) is 28.8. The van der Waals surface area contributed by atoms with Crippen LogP contribution >= 0.6 is 22.9 Å². The summed E-state index contributed by atoms with van der Waals surface area (Å²) in [7, 11) is 1.57. The van der Waals surface area contributed by atoms with Gasteiger partial charge in [-0.15, -0.1) is 0 Å². The Hall–Kier alpha value is -1.18. The van der Waals surface area contributed by atoms with Crippen molar-refractivity contribution in [2.45, 2.75) is 6.04 Å². The summed E-state index contributed by atoms with van der Waals surface area (Å²) in [5.74, 6) is -0.145. The molecule has 0 aliphatic carbocycles. The molecule has 1 unspecified atom stereocenters. The van der Waals surface area contributed by atoms with Crippen molar-refractivity contribution in [1.29, 1.82) is 0 Å². The number of nitrogens with zero attached hydrogens (tertiary/aromatic N) is 2. The molecule has 98 valence electrons. The van der Waals surface area contributed by atoms with E-state index >= 15 is 0 Å². The van der Waals surface area contributed by atoms with Gasteiger partial charge in [-0.3, -0.25) is 9.59 Å². The number of aromatic nitrogens is 1. The number of likely N-dealkylation sites (N-methyl/N-ethyl adjacent to an activating group) is 1. The van der Waals surface area contributed by atoms with E-state index in [0.717, 1.165) is 0 Å². The molecule has 1 N–H and O–H groups in total. The summed E-state index contributed by atoms with van der Waals surface area (Å²) in [5.41, 5.74) is 0. The van der Waals surface area contributed by atoms with Crippen LogP contribution in [0, 0.1) is 0 Å². The van der Waals surface area contributed by atoms with Crippen molar-refractivity contribution < 1.29 is 14.3 Å². The molecule has 0 aromatic carbocycles. The quantitative estimate of drug-likeness (QED) is 0.823. The molecule has 1 atom stereocenters. The van der Waals surface area contributed by atoms with Crippen LogP contribution in [0.4, 0.5) is 5.13 Å². The van der Waals surface area contributed by atoms with E-state index in [1.807, 2.05) is 4.90 Å². The number of hydrogen-bond donors (Lipinski definition) is 1. The zero-order chi connectivity index (χ0) is 13.1. The van der Waals surface area contributed by atoms with Crippen molar-refractivity contribution in [3.63, 3.8) is 0 Å². The van der Waals surface area contributed by atoms with E-state index in [-0.39, 0.29) is 11.1 Å². The van der Waals surface area contributed by atoms with Gasteiger partial charge in [0, 0.05) is 13.6 Å². The van der Waals surface area contributed by atoms with Gasteiger partial charge >= 0.3 is 0 Å². The highest BCUT2D eigenvalue weighted by atomic mass is 35.5. The van der Waals surface area contributed by atoms with Crippen molar-refractivity contribution >= 4 is 40.3 Å². The number of morpholine rings is 1. The minimum Gasteiger partial charge on any atom is -0.377 e. The molecule has 1 aliphatic rings. The Morgan fingerprint density at radius 1 is 1.72 bits per heavy atom. The van der Waals surface area contributed by atoms with Crippen LogP contribution in [0.2, 0.25) is 5.15 Å². The highest BCUT2D eigenvalue weighted by Gasteiger charge is 2.31. The van der Waals surface area contributed by atoms with Crippen LogP contribution in [0.1, 0.15) is 9.67 Å². The van der Waals surface area contributed by atoms with E-state index in [1.54, 1.807) is 7.05 Å². The Bertz CT molecular complexity index is 465. The molecule has 0 saturated carbocycles. The van der Waals surface area contributed by atoms with Crippen LogP contribution in [-0.4, -0.2) is 50.0 Å². The van der Waals surface area contributed by atoms with Gasteiger partial charge in [-0.25, -0.2) is 4.98 Å². The molecule has 1 aliphatic heterocycles. The predicted molar refractivity (Wildman–Crippen MR) is 68.5 cm³/mol. The maximum absolute atomic E-state index is 11.8. The number of carbonyl (C=O) groups is 2. The van der Waals surface area contributed by atoms with Gasteiger partial charge in [0.25, 0.3) is 0 Å². The van der Waals surface area contributed by atoms with Crippen LogP contribution in [0.3, 0.4) is 0 Å². The van der Waals surface area contributed by atoms with Crippen molar-refractivity contribution in [3.05, 3.63) is 10.0 Å². The van der Waals surface area contributed by atoms with E-state index in [4.69, 9.17) is 16.3 Å². The molecular formula is C10H12ClN3O3S. The van der Waals surface area contributed by atoms with Gasteiger partial charge in [0.2, 0.25) is 5.91 Å². The van der Waals surface area contributed by atoms with Crippen LogP contribution in [0.25, 0.3) is 0 Å². The fraction of sp³-hybridized carbons (Fsp3) is 0.500. The van der Waals surface area contributed by atoms with E-state index < -0.39 is 6.04 Å². The molecule has 18 heavy (non-hydrogen) atoms. The smallest absolute Gasteiger partial charge is 0.244 e. The molecule has 1 amide bonds. The lowest BCUT2D eigenvalue weighted by Crippen LogP contribution is -2.53. The Morgan fingerprint density at radius 2 is 2.50 bits per heavy atom. The summed E-state index contributed by atoms with van der Waals surface area (Å²) in [6.07, 6.45) is 0.666. The molecule has 2 rings (SSSR count). The second-order valence-corrected chi connectivity index (χ2v) is 5.03. The monoisotopic (exact) mass is 289 g/mol. The van der Waals surface area contributed by atoms with Gasteiger partial charge in [-0.05, 0) is 0 Å². The Balaban J connectivity index is 2.27. The summed E-state index contributed by atoms with van der Waals surface area (Å²) in [6.45, 7) is 1.36. The first-order valence-corrected chi connectivity index (χ1v) is 6.54. The van der Waals surface area contributed by atoms with Crippen molar-refractivity contribution in [2.75, 3.05) is 31.7 Å². The standard InChI is InChI=1S/C10H12ClN3O3S/c1-12-9(16)6-5-17-3-2-14(6)10-13-8(11)7(4-15)18-10/h4,6H,2-3,5H2,1H3,(H,12,16). The number of halogens is 1. The minimum atomic E-state index is -0.439. The average Bonchev–Trinajstić information content (AvgIpc) is 2.79. The van der Waals surface area contributed by atoms with Gasteiger partial charge in [-0.1, -0.05) is 22.9 Å². The number of aldehydes is 1. The maximum atomic E-state index is 11.8. The van der Waals surface area contributed by atoms with Crippen molar-refractivity contribution in [2.24, 2.45) is 0 Å². The number of hydrogen-bond acceptors (Lipinski definition) is 6. The van der Waals surface area contributed by atoms with Crippen LogP contribution in [-0.2, 0) is 9.53 Å². The van der Waals surface area contributed by atoms with Crippen LogP contribution < -0.4 is 10.2 Å². The third-order valence-corrected chi connectivity index (χ3v) is 4.05. The number of nitrogens with one attached hydrogen (secondary N) is 1. The Kier molecular flexibility index (Phi) is 4.15. The fourth-order valence-electron chi connectivity index (χ4n) is 1.71. The summed E-state index contributed by atoms with van der Waals surface area (Å²) in [5, 5.41) is 3.33. The zero-order valence-electron chi connectivity index (χ0n) is 9.68.